The van der Waals surface area contributed by atoms with Crippen molar-refractivity contribution in [3.05, 3.63) is 59.5 Å². The highest BCUT2D eigenvalue weighted by molar-refractivity contribution is 5.30. The van der Waals surface area contributed by atoms with Gasteiger partial charge in [-0.25, -0.2) is 0 Å². The zero-order chi connectivity index (χ0) is 13.1. The molecule has 0 saturated heterocycles. The van der Waals surface area contributed by atoms with Crippen LogP contribution in [0.3, 0.4) is 0 Å². The van der Waals surface area contributed by atoms with Crippen molar-refractivity contribution in [3.63, 3.8) is 0 Å². The monoisotopic (exact) mass is 255 g/mol. The lowest BCUT2D eigenvalue weighted by molar-refractivity contribution is 0.385. The molecule has 2 nitrogen and oxygen atoms in total. The summed E-state index contributed by atoms with van der Waals surface area (Å²) in [4.78, 5) is 0. The summed E-state index contributed by atoms with van der Waals surface area (Å²) < 4.78 is 5.41. The highest BCUT2D eigenvalue weighted by atomic mass is 16.3. The molecule has 100 valence electrons. The van der Waals surface area contributed by atoms with E-state index in [0.717, 1.165) is 18.6 Å². The average Bonchev–Trinajstić information content (AvgIpc) is 2.91. The molecule has 0 spiro atoms. The molecule has 2 aromatic rings. The smallest absolute Gasteiger partial charge is 0.105 e. The van der Waals surface area contributed by atoms with Gasteiger partial charge in [-0.05, 0) is 49.4 Å². The van der Waals surface area contributed by atoms with Crippen LogP contribution in [-0.2, 0) is 19.3 Å². The molecule has 0 aliphatic heterocycles. The molecule has 0 bridgehead atoms. The molecule has 1 N–H and O–H groups in total. The minimum atomic E-state index is 0.460. The normalized spacial score (nSPS) is 19.9. The van der Waals surface area contributed by atoms with Gasteiger partial charge < -0.3 is 9.73 Å². The second-order valence-electron chi connectivity index (χ2n) is 5.56. The molecule has 1 aliphatic carbocycles. The van der Waals surface area contributed by atoms with Crippen LogP contribution >= 0.6 is 0 Å². The van der Waals surface area contributed by atoms with Crippen LogP contribution in [0.4, 0.5) is 0 Å². The summed E-state index contributed by atoms with van der Waals surface area (Å²) in [7, 11) is 0. The van der Waals surface area contributed by atoms with Gasteiger partial charge in [0.25, 0.3) is 0 Å². The number of rotatable bonds is 4. The van der Waals surface area contributed by atoms with Crippen molar-refractivity contribution in [1.82, 2.24) is 5.32 Å². The van der Waals surface area contributed by atoms with E-state index in [1.807, 2.05) is 12.1 Å². The maximum absolute atomic E-state index is 5.41. The van der Waals surface area contributed by atoms with Crippen LogP contribution in [0.5, 0.6) is 0 Å². The Morgan fingerprint density at radius 2 is 2.05 bits per heavy atom. The Bertz CT molecular complexity index is 518. The molecule has 0 radical (unpaired) electrons. The van der Waals surface area contributed by atoms with Gasteiger partial charge in [-0.15, -0.1) is 0 Å². The fourth-order valence-corrected chi connectivity index (χ4v) is 3.03. The molecule has 0 fully saturated rings. The molecule has 1 aromatic heterocycles. The Morgan fingerprint density at radius 3 is 2.84 bits per heavy atom. The first-order valence-corrected chi connectivity index (χ1v) is 7.16. The molecule has 2 heteroatoms. The predicted molar refractivity (Wildman–Crippen MR) is 77.3 cm³/mol. The van der Waals surface area contributed by atoms with Gasteiger partial charge in [0.15, 0.2) is 0 Å². The summed E-state index contributed by atoms with van der Waals surface area (Å²) in [6, 6.07) is 13.9. The van der Waals surface area contributed by atoms with E-state index in [0.29, 0.717) is 12.1 Å². The number of hydrogen-bond acceptors (Lipinski definition) is 2. The maximum Gasteiger partial charge on any atom is 0.105 e. The lowest BCUT2D eigenvalue weighted by Gasteiger charge is -2.28. The summed E-state index contributed by atoms with van der Waals surface area (Å²) in [5.74, 6) is 1.07. The largest absolute Gasteiger partial charge is 0.469 e. The van der Waals surface area contributed by atoms with Gasteiger partial charge in [-0.2, -0.15) is 0 Å². The van der Waals surface area contributed by atoms with Gasteiger partial charge in [0.2, 0.25) is 0 Å². The fraction of sp³-hybridized carbons (Fsp3) is 0.412. The molecule has 1 aromatic carbocycles. The number of hydrogen-bond donors (Lipinski definition) is 1. The van der Waals surface area contributed by atoms with E-state index in [1.54, 1.807) is 6.26 Å². The molecular weight excluding hydrogens is 234 g/mol. The van der Waals surface area contributed by atoms with Gasteiger partial charge >= 0.3 is 0 Å². The molecule has 3 rings (SSSR count). The Hall–Kier alpha value is -1.54. The van der Waals surface area contributed by atoms with Crippen molar-refractivity contribution in [2.75, 3.05) is 0 Å². The van der Waals surface area contributed by atoms with E-state index in [2.05, 4.69) is 36.5 Å². The second kappa shape index (κ2) is 5.62. The van der Waals surface area contributed by atoms with Crippen molar-refractivity contribution in [1.29, 1.82) is 0 Å². The third-order valence-corrected chi connectivity index (χ3v) is 3.95. The molecule has 0 amide bonds. The molecule has 1 aliphatic rings. The molecule has 0 saturated carbocycles. The van der Waals surface area contributed by atoms with E-state index in [-0.39, 0.29) is 0 Å². The van der Waals surface area contributed by atoms with Crippen LogP contribution in [0.1, 0.15) is 30.2 Å². The Kier molecular flexibility index (Phi) is 3.69. The first-order chi connectivity index (χ1) is 9.31. The zero-order valence-electron chi connectivity index (χ0n) is 11.4. The van der Waals surface area contributed by atoms with Crippen molar-refractivity contribution in [2.45, 2.75) is 44.7 Å². The third-order valence-electron chi connectivity index (χ3n) is 3.95. The van der Waals surface area contributed by atoms with Gasteiger partial charge in [0.1, 0.15) is 5.76 Å². The maximum atomic E-state index is 5.41. The topological polar surface area (TPSA) is 25.2 Å². The van der Waals surface area contributed by atoms with Gasteiger partial charge in [-0.1, -0.05) is 24.3 Å². The molecule has 2 unspecified atom stereocenters. The molecule has 1 heterocycles. The Balaban J connectivity index is 1.57. The van der Waals surface area contributed by atoms with E-state index in [9.17, 15) is 0 Å². The van der Waals surface area contributed by atoms with Crippen molar-refractivity contribution in [3.8, 4) is 0 Å². The van der Waals surface area contributed by atoms with Crippen molar-refractivity contribution < 1.29 is 4.42 Å². The minimum Gasteiger partial charge on any atom is -0.469 e. The minimum absolute atomic E-state index is 0.460. The van der Waals surface area contributed by atoms with E-state index in [1.165, 1.54) is 24.0 Å². The SMILES string of the molecule is CC(Cc1ccco1)NC1CCc2ccccc2C1. The van der Waals surface area contributed by atoms with E-state index >= 15 is 0 Å². The summed E-state index contributed by atoms with van der Waals surface area (Å²) in [6.45, 7) is 2.24. The van der Waals surface area contributed by atoms with Crippen LogP contribution in [0, 0.1) is 0 Å². The molecule has 2 atom stereocenters. The third kappa shape index (κ3) is 3.07. The van der Waals surface area contributed by atoms with Crippen LogP contribution in [0.25, 0.3) is 0 Å². The predicted octanol–water partition coefficient (Wildman–Crippen LogP) is 3.36. The Morgan fingerprint density at radius 1 is 1.21 bits per heavy atom. The van der Waals surface area contributed by atoms with Crippen LogP contribution in [-0.4, -0.2) is 12.1 Å². The second-order valence-corrected chi connectivity index (χ2v) is 5.56. The van der Waals surface area contributed by atoms with E-state index < -0.39 is 0 Å². The first-order valence-electron chi connectivity index (χ1n) is 7.16. The van der Waals surface area contributed by atoms with Crippen molar-refractivity contribution >= 4 is 0 Å². The van der Waals surface area contributed by atoms with Crippen LogP contribution in [0.15, 0.2) is 47.1 Å². The molecular formula is C17H21NO. The molecule has 19 heavy (non-hydrogen) atoms. The summed E-state index contributed by atoms with van der Waals surface area (Å²) in [5, 5.41) is 3.74. The standard InChI is InChI=1S/C17H21NO/c1-13(11-17-7-4-10-19-17)18-16-9-8-14-5-2-3-6-15(14)12-16/h2-7,10,13,16,18H,8-9,11-12H2,1H3. The number of benzene rings is 1. The van der Waals surface area contributed by atoms with Gasteiger partial charge in [-0.3, -0.25) is 0 Å². The first kappa shape index (κ1) is 12.5. The van der Waals surface area contributed by atoms with Crippen LogP contribution in [0.2, 0.25) is 0 Å². The summed E-state index contributed by atoms with van der Waals surface area (Å²) in [5.41, 5.74) is 3.04. The Labute approximate surface area is 114 Å². The lowest BCUT2D eigenvalue weighted by atomic mass is 9.88. The average molecular weight is 255 g/mol. The quantitative estimate of drug-likeness (QED) is 0.906. The highest BCUT2D eigenvalue weighted by Gasteiger charge is 2.19. The number of furan rings is 1. The number of nitrogens with one attached hydrogen (secondary N) is 1. The van der Waals surface area contributed by atoms with Crippen molar-refractivity contribution in [2.24, 2.45) is 0 Å². The lowest BCUT2D eigenvalue weighted by Crippen LogP contribution is -2.41. The fourth-order valence-electron chi connectivity index (χ4n) is 3.03. The summed E-state index contributed by atoms with van der Waals surface area (Å²) >= 11 is 0. The number of aryl methyl sites for hydroxylation is 1. The number of fused-ring (bicyclic) bond motifs is 1. The van der Waals surface area contributed by atoms with Gasteiger partial charge in [0.05, 0.1) is 6.26 Å². The van der Waals surface area contributed by atoms with Gasteiger partial charge in [0, 0.05) is 18.5 Å². The summed E-state index contributed by atoms with van der Waals surface area (Å²) in [6.07, 6.45) is 6.30. The van der Waals surface area contributed by atoms with Crippen LogP contribution < -0.4 is 5.32 Å². The van der Waals surface area contributed by atoms with E-state index in [4.69, 9.17) is 4.42 Å². The highest BCUT2D eigenvalue weighted by Crippen LogP contribution is 2.21. The zero-order valence-corrected chi connectivity index (χ0v) is 11.4.